The second kappa shape index (κ2) is 4.62. The van der Waals surface area contributed by atoms with Crippen LogP contribution in [0.1, 0.15) is 25.0 Å². The summed E-state index contributed by atoms with van der Waals surface area (Å²) in [5.74, 6) is 2.12. The second-order valence-corrected chi connectivity index (χ2v) is 4.29. The fourth-order valence-corrected chi connectivity index (χ4v) is 2.25. The second-order valence-electron chi connectivity index (χ2n) is 4.29. The summed E-state index contributed by atoms with van der Waals surface area (Å²) in [5, 5.41) is 3.44. The van der Waals surface area contributed by atoms with Gasteiger partial charge in [-0.3, -0.25) is 4.98 Å². The Morgan fingerprint density at radius 2 is 2.33 bits per heavy atom. The number of methoxy groups -OCH3 is 1. The van der Waals surface area contributed by atoms with Crippen LogP contribution in [0.2, 0.25) is 0 Å². The van der Waals surface area contributed by atoms with Gasteiger partial charge in [0.1, 0.15) is 5.75 Å². The molecule has 1 saturated heterocycles. The maximum absolute atomic E-state index is 5.34. The smallest absolute Gasteiger partial charge is 0.140 e. The highest BCUT2D eigenvalue weighted by Gasteiger charge is 2.23. The average Bonchev–Trinajstić information content (AvgIpc) is 2.29. The van der Waals surface area contributed by atoms with Gasteiger partial charge in [0.2, 0.25) is 0 Å². The van der Waals surface area contributed by atoms with Crippen LogP contribution in [0, 0.1) is 5.92 Å². The fraction of sp³-hybridized carbons (Fsp3) is 0.583. The molecule has 0 spiro atoms. The van der Waals surface area contributed by atoms with Crippen molar-refractivity contribution in [3.05, 3.63) is 24.0 Å². The molecule has 0 aromatic carbocycles. The molecule has 3 nitrogen and oxygen atoms in total. The first-order valence-electron chi connectivity index (χ1n) is 5.51. The van der Waals surface area contributed by atoms with E-state index in [0.717, 1.165) is 30.5 Å². The zero-order chi connectivity index (χ0) is 10.7. The monoisotopic (exact) mass is 206 g/mol. The predicted octanol–water partition coefficient (Wildman–Crippen LogP) is 1.80. The molecule has 1 N–H and O–H groups in total. The van der Waals surface area contributed by atoms with E-state index in [4.69, 9.17) is 4.74 Å². The molecule has 1 fully saturated rings. The Kier molecular flexibility index (Phi) is 3.21. The van der Waals surface area contributed by atoms with Gasteiger partial charge in [-0.1, -0.05) is 6.92 Å². The summed E-state index contributed by atoms with van der Waals surface area (Å²) in [6.07, 6.45) is 3.04. The molecule has 0 amide bonds. The maximum atomic E-state index is 5.34. The summed E-state index contributed by atoms with van der Waals surface area (Å²) in [7, 11) is 1.71. The third-order valence-corrected chi connectivity index (χ3v) is 2.98. The van der Waals surface area contributed by atoms with E-state index in [2.05, 4.69) is 17.2 Å². The summed E-state index contributed by atoms with van der Waals surface area (Å²) in [6, 6.07) is 3.91. The van der Waals surface area contributed by atoms with Gasteiger partial charge in [0.25, 0.3) is 0 Å². The van der Waals surface area contributed by atoms with E-state index in [9.17, 15) is 0 Å². The van der Waals surface area contributed by atoms with Crippen molar-refractivity contribution < 1.29 is 4.74 Å². The summed E-state index contributed by atoms with van der Waals surface area (Å²) < 4.78 is 5.34. The van der Waals surface area contributed by atoms with Crippen molar-refractivity contribution in [1.82, 2.24) is 10.3 Å². The largest absolute Gasteiger partial charge is 0.495 e. The number of piperidine rings is 1. The third-order valence-electron chi connectivity index (χ3n) is 2.98. The molecule has 1 aliphatic heterocycles. The lowest BCUT2D eigenvalue weighted by molar-refractivity contribution is 0.343. The molecule has 2 atom stereocenters. The topological polar surface area (TPSA) is 34.1 Å². The van der Waals surface area contributed by atoms with Crippen molar-refractivity contribution in [3.8, 4) is 5.75 Å². The standard InChI is InChI=1S/C12H18N2O/c1-9-6-10(8-13-7-9)12-11(15-2)4-3-5-14-12/h3-5,9-10,13H,6-8H2,1-2H3. The molecule has 0 radical (unpaired) electrons. The van der Waals surface area contributed by atoms with Gasteiger partial charge in [0.05, 0.1) is 12.8 Å². The van der Waals surface area contributed by atoms with Gasteiger partial charge in [-0.25, -0.2) is 0 Å². The van der Waals surface area contributed by atoms with Crippen LogP contribution in [0.25, 0.3) is 0 Å². The molecule has 15 heavy (non-hydrogen) atoms. The highest BCUT2D eigenvalue weighted by molar-refractivity contribution is 5.30. The molecule has 1 aliphatic rings. The van der Waals surface area contributed by atoms with E-state index in [0.29, 0.717) is 5.92 Å². The SMILES string of the molecule is COc1cccnc1C1CNCC(C)C1. The average molecular weight is 206 g/mol. The Labute approximate surface area is 90.9 Å². The first kappa shape index (κ1) is 10.4. The molecule has 0 saturated carbocycles. The first-order chi connectivity index (χ1) is 7.31. The highest BCUT2D eigenvalue weighted by Crippen LogP contribution is 2.30. The van der Waals surface area contributed by atoms with Crippen LogP contribution in [0.4, 0.5) is 0 Å². The molecule has 2 heterocycles. The van der Waals surface area contributed by atoms with Gasteiger partial charge in [0, 0.05) is 18.7 Å². The van der Waals surface area contributed by atoms with Gasteiger partial charge in [0.15, 0.2) is 0 Å². The third kappa shape index (κ3) is 2.29. The molecular weight excluding hydrogens is 188 g/mol. The van der Waals surface area contributed by atoms with E-state index in [1.54, 1.807) is 7.11 Å². The van der Waals surface area contributed by atoms with Gasteiger partial charge in [-0.2, -0.15) is 0 Å². The summed E-state index contributed by atoms with van der Waals surface area (Å²) in [6.45, 7) is 4.40. The van der Waals surface area contributed by atoms with E-state index < -0.39 is 0 Å². The van der Waals surface area contributed by atoms with E-state index >= 15 is 0 Å². The lowest BCUT2D eigenvalue weighted by Gasteiger charge is -2.28. The van der Waals surface area contributed by atoms with Crippen LogP contribution in [0.15, 0.2) is 18.3 Å². The van der Waals surface area contributed by atoms with Crippen molar-refractivity contribution in [3.63, 3.8) is 0 Å². The van der Waals surface area contributed by atoms with E-state index in [1.807, 2.05) is 18.3 Å². The van der Waals surface area contributed by atoms with Crippen LogP contribution in [0.5, 0.6) is 5.75 Å². The van der Waals surface area contributed by atoms with E-state index in [1.165, 1.54) is 6.42 Å². The number of nitrogens with one attached hydrogen (secondary N) is 1. The number of hydrogen-bond acceptors (Lipinski definition) is 3. The zero-order valence-corrected chi connectivity index (χ0v) is 9.36. The van der Waals surface area contributed by atoms with E-state index in [-0.39, 0.29) is 0 Å². The van der Waals surface area contributed by atoms with Crippen LogP contribution >= 0.6 is 0 Å². The molecular formula is C12H18N2O. The normalized spacial score (nSPS) is 26.3. The first-order valence-corrected chi connectivity index (χ1v) is 5.51. The molecule has 0 bridgehead atoms. The Bertz CT molecular complexity index is 327. The highest BCUT2D eigenvalue weighted by atomic mass is 16.5. The van der Waals surface area contributed by atoms with Crippen molar-refractivity contribution in [2.75, 3.05) is 20.2 Å². The van der Waals surface area contributed by atoms with Gasteiger partial charge in [-0.15, -0.1) is 0 Å². The number of pyridine rings is 1. The zero-order valence-electron chi connectivity index (χ0n) is 9.36. The summed E-state index contributed by atoms with van der Waals surface area (Å²) >= 11 is 0. The molecule has 82 valence electrons. The molecule has 1 aromatic rings. The van der Waals surface area contributed by atoms with Gasteiger partial charge >= 0.3 is 0 Å². The quantitative estimate of drug-likeness (QED) is 0.801. The maximum Gasteiger partial charge on any atom is 0.140 e. The Morgan fingerprint density at radius 1 is 1.47 bits per heavy atom. The van der Waals surface area contributed by atoms with Gasteiger partial charge < -0.3 is 10.1 Å². The lowest BCUT2D eigenvalue weighted by atomic mass is 9.89. The Hall–Kier alpha value is -1.09. The molecule has 1 aromatic heterocycles. The minimum Gasteiger partial charge on any atom is -0.495 e. The fourth-order valence-electron chi connectivity index (χ4n) is 2.25. The number of ether oxygens (including phenoxy) is 1. The van der Waals surface area contributed by atoms with Crippen LogP contribution in [-0.2, 0) is 0 Å². The molecule has 2 rings (SSSR count). The van der Waals surface area contributed by atoms with Crippen molar-refractivity contribution in [1.29, 1.82) is 0 Å². The lowest BCUT2D eigenvalue weighted by Crippen LogP contribution is -2.34. The minimum absolute atomic E-state index is 0.491. The van der Waals surface area contributed by atoms with Crippen molar-refractivity contribution in [2.45, 2.75) is 19.3 Å². The Morgan fingerprint density at radius 3 is 3.07 bits per heavy atom. The van der Waals surface area contributed by atoms with Crippen molar-refractivity contribution >= 4 is 0 Å². The molecule has 2 unspecified atom stereocenters. The van der Waals surface area contributed by atoms with Crippen LogP contribution < -0.4 is 10.1 Å². The number of rotatable bonds is 2. The minimum atomic E-state index is 0.491. The number of hydrogen-bond donors (Lipinski definition) is 1. The molecule has 3 heteroatoms. The summed E-state index contributed by atoms with van der Waals surface area (Å²) in [4.78, 5) is 4.44. The predicted molar refractivity (Wildman–Crippen MR) is 60.2 cm³/mol. The molecule has 0 aliphatic carbocycles. The van der Waals surface area contributed by atoms with Crippen LogP contribution in [-0.4, -0.2) is 25.2 Å². The number of aromatic nitrogens is 1. The Balaban J connectivity index is 2.20. The number of nitrogens with zero attached hydrogens (tertiary/aromatic N) is 1. The van der Waals surface area contributed by atoms with Gasteiger partial charge in [-0.05, 0) is 31.0 Å². The summed E-state index contributed by atoms with van der Waals surface area (Å²) in [5.41, 5.74) is 1.10. The van der Waals surface area contributed by atoms with Crippen LogP contribution in [0.3, 0.4) is 0 Å². The van der Waals surface area contributed by atoms with Crippen molar-refractivity contribution in [2.24, 2.45) is 5.92 Å².